The number of benzene rings is 2. The van der Waals surface area contributed by atoms with Crippen molar-refractivity contribution in [2.45, 2.75) is 11.3 Å². The molecule has 0 saturated heterocycles. The first-order valence-corrected chi connectivity index (χ1v) is 7.89. The van der Waals surface area contributed by atoms with E-state index in [0.29, 0.717) is 17.4 Å². The molecule has 0 atom stereocenters. The molecule has 20 heavy (non-hydrogen) atoms. The van der Waals surface area contributed by atoms with E-state index in [9.17, 15) is 5.11 Å². The van der Waals surface area contributed by atoms with Gasteiger partial charge in [-0.2, -0.15) is 0 Å². The predicted molar refractivity (Wildman–Crippen MR) is 85.4 cm³/mol. The zero-order valence-electron chi connectivity index (χ0n) is 10.7. The van der Waals surface area contributed by atoms with Gasteiger partial charge in [0.1, 0.15) is 11.5 Å². The molecule has 5 heteroatoms. The first kappa shape index (κ1) is 15.4. The second-order valence-electron chi connectivity index (χ2n) is 4.12. The van der Waals surface area contributed by atoms with Gasteiger partial charge in [0.25, 0.3) is 0 Å². The fourth-order valence-electron chi connectivity index (χ4n) is 1.55. The molecular formula is C15H14Cl2O2S. The van der Waals surface area contributed by atoms with Crippen molar-refractivity contribution in [1.82, 2.24) is 0 Å². The summed E-state index contributed by atoms with van der Waals surface area (Å²) < 4.78 is 5.57. The van der Waals surface area contributed by atoms with E-state index >= 15 is 0 Å². The summed E-state index contributed by atoms with van der Waals surface area (Å²) in [5.74, 6) is 1.70. The van der Waals surface area contributed by atoms with Crippen molar-refractivity contribution in [3.63, 3.8) is 0 Å². The van der Waals surface area contributed by atoms with Crippen LogP contribution < -0.4 is 4.74 Å². The minimum absolute atomic E-state index is 0.0670. The first-order chi connectivity index (χ1) is 9.65. The maximum atomic E-state index is 9.30. The van der Waals surface area contributed by atoms with E-state index in [1.54, 1.807) is 23.9 Å². The third-order valence-corrected chi connectivity index (χ3v) is 4.21. The van der Waals surface area contributed by atoms with E-state index in [1.807, 2.05) is 24.3 Å². The second kappa shape index (κ2) is 7.67. The Hall–Kier alpha value is -1.03. The van der Waals surface area contributed by atoms with Gasteiger partial charge in [0.05, 0.1) is 11.6 Å². The van der Waals surface area contributed by atoms with E-state index in [2.05, 4.69) is 0 Å². The number of phenolic OH excluding ortho intramolecular Hbond substituents is 1. The van der Waals surface area contributed by atoms with Gasteiger partial charge in [-0.25, -0.2) is 0 Å². The molecule has 2 aromatic rings. The van der Waals surface area contributed by atoms with Crippen molar-refractivity contribution >= 4 is 35.0 Å². The number of halogens is 2. The van der Waals surface area contributed by atoms with Crippen molar-refractivity contribution in [3.05, 3.63) is 52.5 Å². The minimum Gasteiger partial charge on any atom is -0.506 e. The summed E-state index contributed by atoms with van der Waals surface area (Å²) in [7, 11) is 0. The average Bonchev–Trinajstić information content (AvgIpc) is 2.44. The number of aromatic hydroxyl groups is 1. The summed E-state index contributed by atoms with van der Waals surface area (Å²) in [5, 5.41) is 10.4. The van der Waals surface area contributed by atoms with Crippen molar-refractivity contribution in [2.75, 3.05) is 12.4 Å². The molecule has 0 saturated carbocycles. The van der Waals surface area contributed by atoms with Gasteiger partial charge in [0, 0.05) is 21.7 Å². The molecule has 0 aliphatic rings. The number of hydrogen-bond donors (Lipinski definition) is 1. The van der Waals surface area contributed by atoms with Crippen LogP contribution in [0.25, 0.3) is 0 Å². The highest BCUT2D eigenvalue weighted by Crippen LogP contribution is 2.27. The zero-order chi connectivity index (χ0) is 14.4. The molecule has 0 aliphatic heterocycles. The molecule has 0 fully saturated rings. The molecule has 0 amide bonds. The van der Waals surface area contributed by atoms with Gasteiger partial charge >= 0.3 is 0 Å². The largest absolute Gasteiger partial charge is 0.506 e. The molecule has 0 aromatic heterocycles. The van der Waals surface area contributed by atoms with Crippen molar-refractivity contribution < 1.29 is 9.84 Å². The van der Waals surface area contributed by atoms with Gasteiger partial charge < -0.3 is 9.84 Å². The Kier molecular flexibility index (Phi) is 5.89. The molecule has 0 bridgehead atoms. The fraction of sp³-hybridized carbons (Fsp3) is 0.200. The van der Waals surface area contributed by atoms with Crippen LogP contribution >= 0.6 is 35.0 Å². The SMILES string of the molecule is Oc1ccc(OCCCSc2ccc(Cl)cc2)cc1Cl. The van der Waals surface area contributed by atoms with Gasteiger partial charge in [-0.15, -0.1) is 11.8 Å². The Morgan fingerprint density at radius 1 is 1.05 bits per heavy atom. The van der Waals surface area contributed by atoms with E-state index < -0.39 is 0 Å². The lowest BCUT2D eigenvalue weighted by molar-refractivity contribution is 0.318. The summed E-state index contributed by atoms with van der Waals surface area (Å²) in [4.78, 5) is 1.20. The summed E-state index contributed by atoms with van der Waals surface area (Å²) in [5.41, 5.74) is 0. The maximum Gasteiger partial charge on any atom is 0.134 e. The second-order valence-corrected chi connectivity index (χ2v) is 6.13. The van der Waals surface area contributed by atoms with Crippen LogP contribution in [0.4, 0.5) is 0 Å². The van der Waals surface area contributed by atoms with Gasteiger partial charge in [-0.05, 0) is 42.8 Å². The molecule has 106 valence electrons. The van der Waals surface area contributed by atoms with E-state index in [1.165, 1.54) is 11.0 Å². The Morgan fingerprint density at radius 3 is 2.50 bits per heavy atom. The monoisotopic (exact) mass is 328 g/mol. The van der Waals surface area contributed by atoms with E-state index in [4.69, 9.17) is 27.9 Å². The quantitative estimate of drug-likeness (QED) is 0.579. The van der Waals surface area contributed by atoms with Crippen LogP contribution in [0.3, 0.4) is 0 Å². The Bertz CT molecular complexity index is 558. The topological polar surface area (TPSA) is 29.5 Å². The highest BCUT2D eigenvalue weighted by Gasteiger charge is 2.01. The van der Waals surface area contributed by atoms with Gasteiger partial charge in [0.2, 0.25) is 0 Å². The molecule has 2 rings (SSSR count). The summed E-state index contributed by atoms with van der Waals surface area (Å²) in [6.07, 6.45) is 0.922. The molecular weight excluding hydrogens is 315 g/mol. The maximum absolute atomic E-state index is 9.30. The molecule has 0 spiro atoms. The standard InChI is InChI=1S/C15H14Cl2O2S/c16-11-2-5-13(6-3-11)20-9-1-8-19-12-4-7-15(18)14(17)10-12/h2-7,10,18H,1,8-9H2. The predicted octanol–water partition coefficient (Wildman–Crippen LogP) is 5.26. The smallest absolute Gasteiger partial charge is 0.134 e. The fourth-order valence-corrected chi connectivity index (χ4v) is 2.67. The summed E-state index contributed by atoms with van der Waals surface area (Å²) in [6.45, 7) is 0.613. The molecule has 0 unspecified atom stereocenters. The highest BCUT2D eigenvalue weighted by atomic mass is 35.5. The summed E-state index contributed by atoms with van der Waals surface area (Å²) in [6, 6.07) is 12.6. The third-order valence-electron chi connectivity index (χ3n) is 2.56. The zero-order valence-corrected chi connectivity index (χ0v) is 13.0. The molecule has 0 aliphatic carbocycles. The van der Waals surface area contributed by atoms with Gasteiger partial charge in [-0.1, -0.05) is 23.2 Å². The molecule has 0 radical (unpaired) electrons. The van der Waals surface area contributed by atoms with E-state index in [0.717, 1.165) is 17.2 Å². The molecule has 2 nitrogen and oxygen atoms in total. The number of ether oxygens (including phenoxy) is 1. The Balaban J connectivity index is 1.68. The van der Waals surface area contributed by atoms with Crippen LogP contribution in [-0.4, -0.2) is 17.5 Å². The number of hydrogen-bond acceptors (Lipinski definition) is 3. The van der Waals surface area contributed by atoms with Crippen LogP contribution in [0.15, 0.2) is 47.4 Å². The molecule has 1 N–H and O–H groups in total. The lowest BCUT2D eigenvalue weighted by atomic mass is 10.3. The Labute approximate surface area is 132 Å². The normalized spacial score (nSPS) is 10.5. The van der Waals surface area contributed by atoms with Gasteiger partial charge in [-0.3, -0.25) is 0 Å². The van der Waals surface area contributed by atoms with Crippen LogP contribution in [0.1, 0.15) is 6.42 Å². The van der Waals surface area contributed by atoms with Crippen molar-refractivity contribution in [3.8, 4) is 11.5 Å². The van der Waals surface area contributed by atoms with E-state index in [-0.39, 0.29) is 5.75 Å². The van der Waals surface area contributed by atoms with Crippen molar-refractivity contribution in [2.24, 2.45) is 0 Å². The highest BCUT2D eigenvalue weighted by molar-refractivity contribution is 7.99. The first-order valence-electron chi connectivity index (χ1n) is 6.15. The van der Waals surface area contributed by atoms with Crippen LogP contribution in [0.5, 0.6) is 11.5 Å². The van der Waals surface area contributed by atoms with Crippen LogP contribution in [0, 0.1) is 0 Å². The third kappa shape index (κ3) is 4.82. The average molecular weight is 329 g/mol. The minimum atomic E-state index is 0.0670. The van der Waals surface area contributed by atoms with Crippen molar-refractivity contribution in [1.29, 1.82) is 0 Å². The van der Waals surface area contributed by atoms with Crippen LogP contribution in [0.2, 0.25) is 10.0 Å². The lowest BCUT2D eigenvalue weighted by Gasteiger charge is -2.07. The number of phenols is 1. The molecule has 2 aromatic carbocycles. The number of thioether (sulfide) groups is 1. The van der Waals surface area contributed by atoms with Crippen LogP contribution in [-0.2, 0) is 0 Å². The number of rotatable bonds is 6. The Morgan fingerprint density at radius 2 is 1.80 bits per heavy atom. The molecule has 0 heterocycles. The lowest BCUT2D eigenvalue weighted by Crippen LogP contribution is -1.98. The van der Waals surface area contributed by atoms with Gasteiger partial charge in [0.15, 0.2) is 0 Å². The summed E-state index contributed by atoms with van der Waals surface area (Å²) >= 11 is 13.4.